The van der Waals surface area contributed by atoms with Crippen molar-refractivity contribution in [2.45, 2.75) is 53.0 Å². The van der Waals surface area contributed by atoms with Crippen molar-refractivity contribution in [1.82, 2.24) is 0 Å². The van der Waals surface area contributed by atoms with E-state index < -0.39 is 15.1 Å². The number of nitrogens with zero attached hydrogens (tertiary/aromatic N) is 1. The summed E-state index contributed by atoms with van der Waals surface area (Å²) in [6.45, 7) is 2.61. The molecule has 0 aliphatic heterocycles. The topological polar surface area (TPSA) is 62.5 Å². The maximum atomic E-state index is 11.3. The first-order valence-corrected chi connectivity index (χ1v) is 13.7. The van der Waals surface area contributed by atoms with Gasteiger partial charge in [0.25, 0.3) is 0 Å². The highest BCUT2D eigenvalue weighted by Gasteiger charge is 2.63. The number of nitriles is 1. The molecular formula is C22H31NO3S3. The van der Waals surface area contributed by atoms with Crippen LogP contribution in [-0.2, 0) is 5.41 Å². The van der Waals surface area contributed by atoms with Crippen LogP contribution in [0.25, 0.3) is 0 Å². The van der Waals surface area contributed by atoms with Crippen molar-refractivity contribution in [1.29, 1.82) is 5.26 Å². The molecule has 0 bridgehead atoms. The van der Waals surface area contributed by atoms with Crippen molar-refractivity contribution in [3.05, 3.63) is 23.8 Å². The van der Waals surface area contributed by atoms with Gasteiger partial charge in [-0.05, 0) is 75.0 Å². The van der Waals surface area contributed by atoms with Crippen LogP contribution in [0.2, 0.25) is 0 Å². The zero-order chi connectivity index (χ0) is 21.3. The minimum Gasteiger partial charge on any atom is -0.493 e. The predicted molar refractivity (Wildman–Crippen MR) is 125 cm³/mol. The Morgan fingerprint density at radius 1 is 1.17 bits per heavy atom. The minimum atomic E-state index is -0.863. The molecule has 1 N–H and O–H groups in total. The fraction of sp³-hybridized carbons (Fsp3) is 0.682. The van der Waals surface area contributed by atoms with Gasteiger partial charge in [-0.15, -0.1) is 23.5 Å². The van der Waals surface area contributed by atoms with E-state index in [-0.39, 0.29) is 5.25 Å². The molecule has 29 heavy (non-hydrogen) atoms. The Labute approximate surface area is 187 Å². The molecule has 0 radical (unpaired) electrons. The van der Waals surface area contributed by atoms with Crippen LogP contribution in [0.5, 0.6) is 11.5 Å². The Balaban J connectivity index is 2.08. The van der Waals surface area contributed by atoms with Crippen LogP contribution in [0.4, 0.5) is 0 Å². The van der Waals surface area contributed by atoms with Gasteiger partial charge in [-0.1, -0.05) is 6.07 Å². The largest absolute Gasteiger partial charge is 0.493 e. The Morgan fingerprint density at radius 2 is 1.86 bits per heavy atom. The summed E-state index contributed by atoms with van der Waals surface area (Å²) < 4.78 is 11.1. The second kappa shape index (κ2) is 8.82. The van der Waals surface area contributed by atoms with Crippen molar-refractivity contribution in [2.24, 2.45) is 5.92 Å². The van der Waals surface area contributed by atoms with Gasteiger partial charge in [0, 0.05) is 0 Å². The van der Waals surface area contributed by atoms with Gasteiger partial charge in [0.15, 0.2) is 11.5 Å². The third-order valence-electron chi connectivity index (χ3n) is 6.44. The first-order valence-electron chi connectivity index (χ1n) is 9.92. The molecule has 2 aliphatic carbocycles. The molecule has 7 heteroatoms. The van der Waals surface area contributed by atoms with E-state index >= 15 is 0 Å². The van der Waals surface area contributed by atoms with Crippen molar-refractivity contribution in [3.8, 4) is 17.6 Å². The number of aliphatic hydroxyl groups is 1. The first kappa shape index (κ1) is 23.0. The summed E-state index contributed by atoms with van der Waals surface area (Å²) in [5, 5.41) is 21.8. The molecule has 160 valence electrons. The molecule has 1 aromatic rings. The van der Waals surface area contributed by atoms with Gasteiger partial charge in [0.2, 0.25) is 0 Å². The maximum absolute atomic E-state index is 11.3. The van der Waals surface area contributed by atoms with Crippen LogP contribution >= 0.6 is 35.3 Å². The summed E-state index contributed by atoms with van der Waals surface area (Å²) in [5.41, 5.74) is -0.621. The summed E-state index contributed by atoms with van der Waals surface area (Å²) >= 11 is 5.01. The van der Waals surface area contributed by atoms with Crippen LogP contribution in [0.1, 0.15) is 38.2 Å². The second-order valence-electron chi connectivity index (χ2n) is 8.17. The summed E-state index contributed by atoms with van der Waals surface area (Å²) in [4.78, 5) is 0. The highest BCUT2D eigenvalue weighted by Crippen LogP contribution is 2.61. The fourth-order valence-electron chi connectivity index (χ4n) is 4.48. The number of hydrogen-bond acceptors (Lipinski definition) is 7. The van der Waals surface area contributed by atoms with Crippen LogP contribution in [0.15, 0.2) is 18.2 Å². The van der Waals surface area contributed by atoms with E-state index in [1.807, 2.05) is 43.9 Å². The molecule has 2 fully saturated rings. The minimum absolute atomic E-state index is 0.0848. The zero-order valence-corrected chi connectivity index (χ0v) is 20.3. The van der Waals surface area contributed by atoms with E-state index in [0.29, 0.717) is 36.9 Å². The molecule has 2 aliphatic rings. The van der Waals surface area contributed by atoms with Crippen molar-refractivity contribution >= 4 is 35.3 Å². The highest BCUT2D eigenvalue weighted by atomic mass is 32.2. The van der Waals surface area contributed by atoms with Crippen LogP contribution < -0.4 is 9.47 Å². The number of benzene rings is 1. The number of methoxy groups -OCH3 is 1. The van der Waals surface area contributed by atoms with Crippen LogP contribution in [0.3, 0.4) is 0 Å². The van der Waals surface area contributed by atoms with Crippen LogP contribution in [0, 0.1) is 17.2 Å². The summed E-state index contributed by atoms with van der Waals surface area (Å²) in [6.07, 6.45) is 9.76. The average molecular weight is 454 g/mol. The Bertz CT molecular complexity index is 771. The number of ether oxygens (including phenoxy) is 2. The molecule has 0 saturated heterocycles. The molecule has 3 atom stereocenters. The molecule has 0 amide bonds. The van der Waals surface area contributed by atoms with Gasteiger partial charge in [-0.2, -0.15) is 17.0 Å². The van der Waals surface area contributed by atoms with Crippen molar-refractivity contribution < 1.29 is 14.6 Å². The third kappa shape index (κ3) is 3.86. The number of rotatable bonds is 8. The zero-order valence-electron chi connectivity index (χ0n) is 17.9. The van der Waals surface area contributed by atoms with Crippen molar-refractivity contribution in [3.63, 3.8) is 0 Å². The molecule has 2 saturated carbocycles. The normalized spacial score (nSPS) is 31.1. The summed E-state index contributed by atoms with van der Waals surface area (Å²) in [5.74, 6) is 2.05. The Kier molecular flexibility index (Phi) is 6.99. The Hall–Kier alpha value is -0.680. The molecule has 0 heterocycles. The van der Waals surface area contributed by atoms with Gasteiger partial charge < -0.3 is 14.6 Å². The van der Waals surface area contributed by atoms with Gasteiger partial charge in [-0.25, -0.2) is 0 Å². The maximum Gasteiger partial charge on any atom is 0.161 e. The van der Waals surface area contributed by atoms with E-state index in [1.165, 1.54) is 12.8 Å². The van der Waals surface area contributed by atoms with E-state index in [2.05, 4.69) is 6.07 Å². The monoisotopic (exact) mass is 453 g/mol. The first-order chi connectivity index (χ1) is 13.8. The lowest BCUT2D eigenvalue weighted by Crippen LogP contribution is -2.64. The van der Waals surface area contributed by atoms with Crippen molar-refractivity contribution in [2.75, 3.05) is 32.5 Å². The summed E-state index contributed by atoms with van der Waals surface area (Å²) in [6, 6.07) is 8.60. The molecule has 0 aromatic heterocycles. The predicted octanol–water partition coefficient (Wildman–Crippen LogP) is 4.94. The quantitative estimate of drug-likeness (QED) is 0.559. The number of thioether (sulfide) groups is 3. The molecular weight excluding hydrogens is 422 g/mol. The smallest absolute Gasteiger partial charge is 0.161 e. The molecule has 3 rings (SSSR count). The third-order valence-corrected chi connectivity index (χ3v) is 11.5. The lowest BCUT2D eigenvalue weighted by molar-refractivity contribution is 0.00768. The Morgan fingerprint density at radius 3 is 2.38 bits per heavy atom. The molecule has 0 spiro atoms. The second-order valence-corrected chi connectivity index (χ2v) is 11.5. The highest BCUT2D eigenvalue weighted by molar-refractivity contribution is 8.19. The lowest BCUT2D eigenvalue weighted by Gasteiger charge is -2.57. The standard InChI is InChI=1S/C22H31NO3S3/c1-20(24)10-11-21(14-23,19(27-3)22(20,28-4)29-5)16-8-9-17(25-2)18(12-16)26-13-15-6-7-15/h8-9,12,15,19,24H,6-7,10-11,13H2,1-5H3/t19-,20+,21?/m0/s1. The van der Waals surface area contributed by atoms with E-state index in [0.717, 1.165) is 5.56 Å². The lowest BCUT2D eigenvalue weighted by atomic mass is 9.65. The molecule has 1 aromatic carbocycles. The molecule has 1 unspecified atom stereocenters. The van der Waals surface area contributed by atoms with Gasteiger partial charge in [0.05, 0.1) is 36.1 Å². The van der Waals surface area contributed by atoms with Crippen LogP contribution in [-0.4, -0.2) is 52.5 Å². The average Bonchev–Trinajstić information content (AvgIpc) is 3.56. The van der Waals surface area contributed by atoms with E-state index in [1.54, 1.807) is 42.4 Å². The van der Waals surface area contributed by atoms with E-state index in [4.69, 9.17) is 9.47 Å². The van der Waals surface area contributed by atoms with Gasteiger partial charge in [-0.3, -0.25) is 0 Å². The van der Waals surface area contributed by atoms with E-state index in [9.17, 15) is 10.4 Å². The fourth-order valence-corrected chi connectivity index (χ4v) is 9.49. The van der Waals surface area contributed by atoms with Gasteiger partial charge in [0.1, 0.15) is 4.08 Å². The number of hydrogen-bond donors (Lipinski definition) is 1. The summed E-state index contributed by atoms with van der Waals surface area (Å²) in [7, 11) is 1.65. The van der Waals surface area contributed by atoms with Gasteiger partial charge >= 0.3 is 0 Å². The molecule has 4 nitrogen and oxygen atoms in total. The SMILES string of the molecule is COc1ccc(C2(C#N)CC[C@@](C)(O)C(SC)(SC)[C@H]2SC)cc1OCC1CC1.